The van der Waals surface area contributed by atoms with Crippen LogP contribution in [-0.4, -0.2) is 21.7 Å². The molecule has 0 saturated carbocycles. The minimum absolute atomic E-state index is 0.152. The lowest BCUT2D eigenvalue weighted by Crippen LogP contribution is -2.24. The number of phenolic OH excluding ortho intramolecular Hbond substituents is 1. The number of thiophene rings is 1. The second-order valence-corrected chi connectivity index (χ2v) is 8.04. The van der Waals surface area contributed by atoms with E-state index < -0.39 is 5.60 Å². The van der Waals surface area contributed by atoms with E-state index in [1.807, 2.05) is 32.2 Å². The molecular formula is C19H18ClNO3S. The average Bonchev–Trinajstić information content (AvgIpc) is 2.91. The van der Waals surface area contributed by atoms with E-state index in [0.29, 0.717) is 10.6 Å². The SMILES string of the molecule is CC(C)(C)OC(=O)Cc1csc2c(-c3cc(Cl)ccc3O)ccnc12. The van der Waals surface area contributed by atoms with Gasteiger partial charge >= 0.3 is 5.97 Å². The Morgan fingerprint density at radius 2 is 2.04 bits per heavy atom. The molecular weight excluding hydrogens is 358 g/mol. The van der Waals surface area contributed by atoms with Gasteiger partial charge < -0.3 is 9.84 Å². The normalized spacial score (nSPS) is 11.7. The van der Waals surface area contributed by atoms with Crippen molar-refractivity contribution in [3.63, 3.8) is 0 Å². The standard InChI is InChI=1S/C19H18ClNO3S/c1-19(2,3)24-16(23)8-11-10-25-18-13(6-7-21-17(11)18)14-9-12(20)4-5-15(14)22/h4-7,9-10,22H,8H2,1-3H3. The molecule has 0 aliphatic carbocycles. The Bertz CT molecular complexity index is 943. The second-order valence-electron chi connectivity index (χ2n) is 6.72. The highest BCUT2D eigenvalue weighted by Crippen LogP contribution is 2.39. The number of halogens is 1. The fourth-order valence-electron chi connectivity index (χ4n) is 2.58. The molecule has 4 nitrogen and oxygen atoms in total. The van der Waals surface area contributed by atoms with Crippen LogP contribution in [0.1, 0.15) is 26.3 Å². The summed E-state index contributed by atoms with van der Waals surface area (Å²) in [5.74, 6) is -0.135. The average molecular weight is 376 g/mol. The van der Waals surface area contributed by atoms with E-state index in [9.17, 15) is 9.90 Å². The largest absolute Gasteiger partial charge is 0.507 e. The molecule has 0 fully saturated rings. The van der Waals surface area contributed by atoms with Crippen LogP contribution >= 0.6 is 22.9 Å². The monoisotopic (exact) mass is 375 g/mol. The maximum absolute atomic E-state index is 12.1. The van der Waals surface area contributed by atoms with Gasteiger partial charge in [0.2, 0.25) is 0 Å². The number of esters is 1. The third-order valence-electron chi connectivity index (χ3n) is 3.53. The van der Waals surface area contributed by atoms with Gasteiger partial charge in [-0.15, -0.1) is 11.3 Å². The molecule has 0 aliphatic heterocycles. The van der Waals surface area contributed by atoms with Gasteiger partial charge in [0.25, 0.3) is 0 Å². The molecule has 1 aromatic carbocycles. The number of carbonyl (C=O) groups excluding carboxylic acids is 1. The van der Waals surface area contributed by atoms with Gasteiger partial charge in [-0.25, -0.2) is 0 Å². The Kier molecular flexibility index (Phi) is 4.71. The summed E-state index contributed by atoms with van der Waals surface area (Å²) in [5.41, 5.74) is 2.52. The molecule has 0 atom stereocenters. The first-order valence-electron chi connectivity index (χ1n) is 7.80. The van der Waals surface area contributed by atoms with Crippen LogP contribution in [0.4, 0.5) is 0 Å². The van der Waals surface area contributed by atoms with Crippen LogP contribution in [0.15, 0.2) is 35.8 Å². The van der Waals surface area contributed by atoms with Crippen molar-refractivity contribution in [2.75, 3.05) is 0 Å². The molecule has 3 rings (SSSR count). The number of fused-ring (bicyclic) bond motifs is 1. The lowest BCUT2D eigenvalue weighted by Gasteiger charge is -2.19. The van der Waals surface area contributed by atoms with Crippen molar-refractivity contribution in [1.29, 1.82) is 0 Å². The smallest absolute Gasteiger partial charge is 0.310 e. The zero-order chi connectivity index (χ0) is 18.2. The lowest BCUT2D eigenvalue weighted by atomic mass is 10.0. The predicted molar refractivity (Wildman–Crippen MR) is 101 cm³/mol. The number of nitrogens with zero attached hydrogens (tertiary/aromatic N) is 1. The summed E-state index contributed by atoms with van der Waals surface area (Å²) in [6, 6.07) is 6.76. The Balaban J connectivity index is 2.01. The third-order valence-corrected chi connectivity index (χ3v) is 4.82. The van der Waals surface area contributed by atoms with Gasteiger partial charge in [-0.1, -0.05) is 11.6 Å². The van der Waals surface area contributed by atoms with E-state index in [4.69, 9.17) is 16.3 Å². The van der Waals surface area contributed by atoms with Gasteiger partial charge in [0.15, 0.2) is 0 Å². The first-order valence-corrected chi connectivity index (χ1v) is 9.06. The number of benzene rings is 1. The van der Waals surface area contributed by atoms with E-state index >= 15 is 0 Å². The minimum atomic E-state index is -0.520. The van der Waals surface area contributed by atoms with Crippen molar-refractivity contribution in [1.82, 2.24) is 4.98 Å². The summed E-state index contributed by atoms with van der Waals surface area (Å²) in [7, 11) is 0. The predicted octanol–water partition coefficient (Wildman–Crippen LogP) is 5.21. The number of pyridine rings is 1. The molecule has 0 radical (unpaired) electrons. The highest BCUT2D eigenvalue weighted by molar-refractivity contribution is 7.18. The second kappa shape index (κ2) is 6.65. The molecule has 2 heterocycles. The van der Waals surface area contributed by atoms with E-state index in [0.717, 1.165) is 21.3 Å². The van der Waals surface area contributed by atoms with E-state index in [1.165, 1.54) is 11.3 Å². The molecule has 0 unspecified atom stereocenters. The fraction of sp³-hybridized carbons (Fsp3) is 0.263. The highest BCUT2D eigenvalue weighted by Gasteiger charge is 2.19. The van der Waals surface area contributed by atoms with Gasteiger partial charge in [-0.2, -0.15) is 0 Å². The van der Waals surface area contributed by atoms with Gasteiger partial charge in [-0.3, -0.25) is 9.78 Å². The first-order chi connectivity index (χ1) is 11.7. The zero-order valence-corrected chi connectivity index (χ0v) is 15.7. The summed E-state index contributed by atoms with van der Waals surface area (Å²) in [6.45, 7) is 5.53. The van der Waals surface area contributed by atoms with Gasteiger partial charge in [0.05, 0.1) is 16.6 Å². The van der Waals surface area contributed by atoms with E-state index in [1.54, 1.807) is 24.4 Å². The lowest BCUT2D eigenvalue weighted by molar-refractivity contribution is -0.153. The molecule has 0 saturated heterocycles. The summed E-state index contributed by atoms with van der Waals surface area (Å²) in [5, 5.41) is 12.6. The summed E-state index contributed by atoms with van der Waals surface area (Å²) >= 11 is 7.55. The van der Waals surface area contributed by atoms with Gasteiger partial charge in [0.1, 0.15) is 11.4 Å². The maximum Gasteiger partial charge on any atom is 0.310 e. The minimum Gasteiger partial charge on any atom is -0.507 e. The van der Waals surface area contributed by atoms with Crippen LogP contribution in [0.25, 0.3) is 21.3 Å². The number of aromatic hydroxyl groups is 1. The molecule has 25 heavy (non-hydrogen) atoms. The van der Waals surface area contributed by atoms with Crippen molar-refractivity contribution < 1.29 is 14.6 Å². The first kappa shape index (κ1) is 17.7. The van der Waals surface area contributed by atoms with Crippen LogP contribution in [0, 0.1) is 0 Å². The molecule has 130 valence electrons. The van der Waals surface area contributed by atoms with Crippen molar-refractivity contribution >= 4 is 39.1 Å². The number of aromatic nitrogens is 1. The van der Waals surface area contributed by atoms with E-state index in [-0.39, 0.29) is 18.1 Å². The van der Waals surface area contributed by atoms with Gasteiger partial charge in [0, 0.05) is 27.9 Å². The number of rotatable bonds is 3. The molecule has 1 N–H and O–H groups in total. The molecule has 0 spiro atoms. The Hall–Kier alpha value is -2.11. The molecule has 0 amide bonds. The highest BCUT2D eigenvalue weighted by atomic mass is 35.5. The Labute approximate surface area is 155 Å². The van der Waals surface area contributed by atoms with Crippen LogP contribution in [-0.2, 0) is 16.0 Å². The van der Waals surface area contributed by atoms with Gasteiger partial charge in [-0.05, 0) is 50.4 Å². The number of phenols is 1. The molecule has 0 aliphatic rings. The van der Waals surface area contributed by atoms with Crippen LogP contribution in [0.5, 0.6) is 5.75 Å². The van der Waals surface area contributed by atoms with Crippen molar-refractivity contribution in [3.05, 3.63) is 46.4 Å². The summed E-state index contributed by atoms with van der Waals surface area (Å²) < 4.78 is 6.29. The maximum atomic E-state index is 12.1. The topological polar surface area (TPSA) is 59.4 Å². The third kappa shape index (κ3) is 3.94. The zero-order valence-electron chi connectivity index (χ0n) is 14.2. The van der Waals surface area contributed by atoms with Crippen LogP contribution < -0.4 is 0 Å². The van der Waals surface area contributed by atoms with Crippen molar-refractivity contribution in [2.24, 2.45) is 0 Å². The van der Waals surface area contributed by atoms with Crippen molar-refractivity contribution in [3.8, 4) is 16.9 Å². The van der Waals surface area contributed by atoms with Crippen LogP contribution in [0.3, 0.4) is 0 Å². The fourth-order valence-corrected chi connectivity index (χ4v) is 3.80. The molecule has 2 aromatic heterocycles. The number of carbonyl (C=O) groups is 1. The van der Waals surface area contributed by atoms with E-state index in [2.05, 4.69) is 4.98 Å². The quantitative estimate of drug-likeness (QED) is 0.638. The Morgan fingerprint density at radius 1 is 1.28 bits per heavy atom. The summed E-state index contributed by atoms with van der Waals surface area (Å²) in [6.07, 6.45) is 1.83. The number of hydrogen-bond donors (Lipinski definition) is 1. The molecule has 3 aromatic rings. The molecule has 6 heteroatoms. The number of hydrogen-bond acceptors (Lipinski definition) is 5. The Morgan fingerprint density at radius 3 is 2.76 bits per heavy atom. The number of ether oxygens (including phenoxy) is 1. The van der Waals surface area contributed by atoms with Crippen LogP contribution in [0.2, 0.25) is 5.02 Å². The van der Waals surface area contributed by atoms with Crippen molar-refractivity contribution in [2.45, 2.75) is 32.8 Å². The molecule has 0 bridgehead atoms. The summed E-state index contributed by atoms with van der Waals surface area (Å²) in [4.78, 5) is 16.5.